The van der Waals surface area contributed by atoms with Crippen LogP contribution in [0.1, 0.15) is 10.5 Å². The standard InChI is InChI=1S/C11H9N5O5/c17-10(6-15-5-9(11(18)19)13-14-15)12-7-1-3-8(4-2-7)16(20)21/h1-5H,6H2,(H,12,17)(H,18,19). The Bertz CT molecular complexity index is 693. The summed E-state index contributed by atoms with van der Waals surface area (Å²) in [6.45, 7) is -0.225. The second kappa shape index (κ2) is 5.77. The topological polar surface area (TPSA) is 140 Å². The van der Waals surface area contributed by atoms with Crippen molar-refractivity contribution < 1.29 is 19.6 Å². The van der Waals surface area contributed by atoms with Gasteiger partial charge in [-0.05, 0) is 12.1 Å². The van der Waals surface area contributed by atoms with Crippen molar-refractivity contribution in [2.24, 2.45) is 0 Å². The molecule has 1 amide bonds. The molecule has 0 bridgehead atoms. The zero-order valence-corrected chi connectivity index (χ0v) is 10.5. The van der Waals surface area contributed by atoms with Crippen molar-refractivity contribution in [2.75, 3.05) is 5.32 Å². The second-order valence-corrected chi connectivity index (χ2v) is 3.96. The molecule has 1 aromatic heterocycles. The van der Waals surface area contributed by atoms with Crippen LogP contribution in [-0.4, -0.2) is 36.9 Å². The highest BCUT2D eigenvalue weighted by atomic mass is 16.6. The number of carbonyl (C=O) groups is 2. The Labute approximate surface area is 117 Å². The summed E-state index contributed by atoms with van der Waals surface area (Å²) in [4.78, 5) is 32.2. The molecule has 0 aliphatic carbocycles. The zero-order chi connectivity index (χ0) is 15.4. The van der Waals surface area contributed by atoms with Gasteiger partial charge in [-0.1, -0.05) is 5.21 Å². The highest BCUT2D eigenvalue weighted by molar-refractivity contribution is 5.90. The van der Waals surface area contributed by atoms with Crippen molar-refractivity contribution in [1.82, 2.24) is 15.0 Å². The molecule has 1 heterocycles. The highest BCUT2D eigenvalue weighted by Gasteiger charge is 2.11. The summed E-state index contributed by atoms with van der Waals surface area (Å²) in [5.74, 6) is -1.71. The molecule has 1 aromatic carbocycles. The van der Waals surface area contributed by atoms with Gasteiger partial charge in [0.05, 0.1) is 11.1 Å². The van der Waals surface area contributed by atoms with Crippen molar-refractivity contribution >= 4 is 23.3 Å². The first-order valence-electron chi connectivity index (χ1n) is 5.63. The average Bonchev–Trinajstić information content (AvgIpc) is 2.87. The van der Waals surface area contributed by atoms with Crippen molar-refractivity contribution in [3.05, 3.63) is 46.3 Å². The van der Waals surface area contributed by atoms with Gasteiger partial charge in [0.15, 0.2) is 5.69 Å². The maximum absolute atomic E-state index is 11.7. The van der Waals surface area contributed by atoms with Crippen LogP contribution in [0, 0.1) is 10.1 Å². The number of nitrogens with one attached hydrogen (secondary N) is 1. The maximum atomic E-state index is 11.7. The van der Waals surface area contributed by atoms with Gasteiger partial charge in [0, 0.05) is 17.8 Å². The molecule has 0 fully saturated rings. The van der Waals surface area contributed by atoms with Gasteiger partial charge >= 0.3 is 5.97 Å². The number of amides is 1. The molecule has 2 rings (SSSR count). The lowest BCUT2D eigenvalue weighted by molar-refractivity contribution is -0.384. The lowest BCUT2D eigenvalue weighted by atomic mass is 10.3. The molecule has 0 saturated heterocycles. The molecule has 0 atom stereocenters. The third-order valence-corrected chi connectivity index (χ3v) is 2.43. The summed E-state index contributed by atoms with van der Waals surface area (Å²) in [6, 6.07) is 5.29. The summed E-state index contributed by atoms with van der Waals surface area (Å²) in [6.07, 6.45) is 1.12. The van der Waals surface area contributed by atoms with Gasteiger partial charge in [0.2, 0.25) is 5.91 Å². The molecule has 10 nitrogen and oxygen atoms in total. The number of aromatic carboxylic acids is 1. The second-order valence-electron chi connectivity index (χ2n) is 3.96. The third kappa shape index (κ3) is 3.59. The average molecular weight is 291 g/mol. The molecule has 21 heavy (non-hydrogen) atoms. The van der Waals surface area contributed by atoms with E-state index in [0.29, 0.717) is 5.69 Å². The minimum Gasteiger partial charge on any atom is -0.476 e. The number of carbonyl (C=O) groups excluding carboxylic acids is 1. The minimum absolute atomic E-state index is 0.0876. The fraction of sp³-hybridized carbons (Fsp3) is 0.0909. The van der Waals surface area contributed by atoms with Crippen molar-refractivity contribution in [2.45, 2.75) is 6.54 Å². The zero-order valence-electron chi connectivity index (χ0n) is 10.5. The van der Waals surface area contributed by atoms with E-state index in [4.69, 9.17) is 5.11 Å². The first-order chi connectivity index (χ1) is 9.95. The van der Waals surface area contributed by atoms with Crippen LogP contribution in [0.5, 0.6) is 0 Å². The van der Waals surface area contributed by atoms with Crippen LogP contribution in [-0.2, 0) is 11.3 Å². The number of nitro groups is 1. The number of benzene rings is 1. The fourth-order valence-electron chi connectivity index (χ4n) is 1.49. The number of nitrogens with zero attached hydrogens (tertiary/aromatic N) is 4. The molecule has 108 valence electrons. The summed E-state index contributed by atoms with van der Waals surface area (Å²) in [7, 11) is 0. The number of carboxylic acids is 1. The normalized spacial score (nSPS) is 10.1. The Kier molecular flexibility index (Phi) is 3.88. The van der Waals surface area contributed by atoms with E-state index in [1.807, 2.05) is 0 Å². The summed E-state index contributed by atoms with van der Waals surface area (Å²) >= 11 is 0. The molecule has 0 unspecified atom stereocenters. The number of aromatic nitrogens is 3. The number of carboxylic acid groups (broad SMARTS) is 1. The van der Waals surface area contributed by atoms with Crippen molar-refractivity contribution in [1.29, 1.82) is 0 Å². The molecular weight excluding hydrogens is 282 g/mol. The minimum atomic E-state index is -1.24. The third-order valence-electron chi connectivity index (χ3n) is 2.43. The van der Waals surface area contributed by atoms with E-state index in [0.717, 1.165) is 10.9 Å². The quantitative estimate of drug-likeness (QED) is 0.604. The highest BCUT2D eigenvalue weighted by Crippen LogP contribution is 2.15. The summed E-state index contributed by atoms with van der Waals surface area (Å²) in [5.41, 5.74) is 0.0256. The largest absolute Gasteiger partial charge is 0.476 e. The van der Waals surface area contributed by atoms with Gasteiger partial charge in [0.1, 0.15) is 6.54 Å². The molecule has 0 spiro atoms. The van der Waals surface area contributed by atoms with E-state index in [1.165, 1.54) is 24.3 Å². The Morgan fingerprint density at radius 3 is 2.52 bits per heavy atom. The van der Waals surface area contributed by atoms with Gasteiger partial charge in [-0.25, -0.2) is 9.48 Å². The van der Waals surface area contributed by atoms with E-state index in [2.05, 4.69) is 15.6 Å². The van der Waals surface area contributed by atoms with Crippen LogP contribution in [0.4, 0.5) is 11.4 Å². The van der Waals surface area contributed by atoms with Gasteiger partial charge in [0.25, 0.3) is 5.69 Å². The molecule has 2 aromatic rings. The molecule has 0 aliphatic heterocycles. The lowest BCUT2D eigenvalue weighted by Gasteiger charge is -2.04. The summed E-state index contributed by atoms with van der Waals surface area (Å²) in [5, 5.41) is 28.5. The molecule has 0 radical (unpaired) electrons. The predicted octanol–water partition coefficient (Wildman–Crippen LogP) is 0.523. The van der Waals surface area contributed by atoms with Crippen molar-refractivity contribution in [3.8, 4) is 0 Å². The first-order valence-corrected chi connectivity index (χ1v) is 5.63. The first kappa shape index (κ1) is 14.1. The van der Waals surface area contributed by atoms with Crippen LogP contribution in [0.2, 0.25) is 0 Å². The number of hydrogen-bond donors (Lipinski definition) is 2. The Hall–Kier alpha value is -3.30. The Balaban J connectivity index is 1.97. The molecule has 2 N–H and O–H groups in total. The lowest BCUT2D eigenvalue weighted by Crippen LogP contribution is -2.19. The molecule has 10 heteroatoms. The van der Waals surface area contributed by atoms with E-state index in [1.54, 1.807) is 0 Å². The predicted molar refractivity (Wildman–Crippen MR) is 68.7 cm³/mol. The van der Waals surface area contributed by atoms with Crippen LogP contribution in [0.25, 0.3) is 0 Å². The van der Waals surface area contributed by atoms with E-state index in [9.17, 15) is 19.7 Å². The fourth-order valence-corrected chi connectivity index (χ4v) is 1.49. The monoisotopic (exact) mass is 291 g/mol. The Morgan fingerprint density at radius 1 is 1.33 bits per heavy atom. The smallest absolute Gasteiger partial charge is 0.358 e. The van der Waals surface area contributed by atoms with E-state index >= 15 is 0 Å². The van der Waals surface area contributed by atoms with Crippen LogP contribution in [0.15, 0.2) is 30.5 Å². The summed E-state index contributed by atoms with van der Waals surface area (Å²) < 4.78 is 1.07. The van der Waals surface area contributed by atoms with Crippen LogP contribution < -0.4 is 5.32 Å². The number of nitro benzene ring substituents is 1. The van der Waals surface area contributed by atoms with Crippen LogP contribution in [0.3, 0.4) is 0 Å². The number of rotatable bonds is 5. The Morgan fingerprint density at radius 2 is 2.00 bits per heavy atom. The number of non-ortho nitro benzene ring substituents is 1. The molecule has 0 saturated carbocycles. The maximum Gasteiger partial charge on any atom is 0.358 e. The SMILES string of the molecule is O=C(Cn1cc(C(=O)O)nn1)Nc1ccc([N+](=O)[O-])cc1. The van der Waals surface area contributed by atoms with Crippen molar-refractivity contribution in [3.63, 3.8) is 0 Å². The number of anilines is 1. The van der Waals surface area contributed by atoms with Gasteiger partial charge in [-0.15, -0.1) is 5.10 Å². The van der Waals surface area contributed by atoms with Gasteiger partial charge in [-0.3, -0.25) is 14.9 Å². The van der Waals surface area contributed by atoms with Gasteiger partial charge in [-0.2, -0.15) is 0 Å². The van der Waals surface area contributed by atoms with E-state index < -0.39 is 16.8 Å². The number of hydrogen-bond acceptors (Lipinski definition) is 6. The van der Waals surface area contributed by atoms with Crippen LogP contribution >= 0.6 is 0 Å². The van der Waals surface area contributed by atoms with E-state index in [-0.39, 0.29) is 17.9 Å². The molecular formula is C11H9N5O5. The van der Waals surface area contributed by atoms with Gasteiger partial charge < -0.3 is 10.4 Å². The molecule has 0 aliphatic rings.